The van der Waals surface area contributed by atoms with Crippen molar-refractivity contribution < 1.29 is 9.47 Å². The van der Waals surface area contributed by atoms with Crippen LogP contribution in [-0.4, -0.2) is 19.0 Å². The summed E-state index contributed by atoms with van der Waals surface area (Å²) in [4.78, 5) is 0. The van der Waals surface area contributed by atoms with E-state index in [-0.39, 0.29) is 5.79 Å². The largest absolute Gasteiger partial charge is 0.347 e. The number of allylic oxidation sites excluding steroid dienone is 1. The van der Waals surface area contributed by atoms with E-state index in [4.69, 9.17) is 9.47 Å². The lowest BCUT2D eigenvalue weighted by Crippen LogP contribution is -2.31. The maximum absolute atomic E-state index is 5.77. The number of benzene rings is 1. The second-order valence-corrected chi connectivity index (χ2v) is 6.88. The number of hydrogen-bond donors (Lipinski definition) is 0. The van der Waals surface area contributed by atoms with Crippen molar-refractivity contribution in [2.24, 2.45) is 0 Å². The summed E-state index contributed by atoms with van der Waals surface area (Å²) in [5, 5.41) is 0. The molecule has 0 radical (unpaired) electrons. The monoisotopic (exact) mass is 300 g/mol. The topological polar surface area (TPSA) is 18.5 Å². The molecule has 1 aliphatic heterocycles. The summed E-state index contributed by atoms with van der Waals surface area (Å²) < 4.78 is 11.5. The Balaban J connectivity index is 1.43. The summed E-state index contributed by atoms with van der Waals surface area (Å²) >= 11 is 0. The third kappa shape index (κ3) is 3.80. The molecule has 3 rings (SSSR count). The highest BCUT2D eigenvalue weighted by atomic mass is 16.7. The minimum Gasteiger partial charge on any atom is -0.347 e. The molecule has 0 unspecified atom stereocenters. The molecule has 1 atom stereocenters. The SMILES string of the molecule is Cc1ccc([C@H](C)CCCC2=CCC3(CC2)OCCO3)cc1. The third-order valence-corrected chi connectivity index (χ3v) is 5.12. The second-order valence-electron chi connectivity index (χ2n) is 6.88. The zero-order valence-corrected chi connectivity index (χ0v) is 13.9. The van der Waals surface area contributed by atoms with Gasteiger partial charge in [0.1, 0.15) is 0 Å². The summed E-state index contributed by atoms with van der Waals surface area (Å²) in [5.74, 6) is 0.385. The maximum atomic E-state index is 5.77. The van der Waals surface area contributed by atoms with Gasteiger partial charge < -0.3 is 9.47 Å². The van der Waals surface area contributed by atoms with Gasteiger partial charge in [-0.05, 0) is 44.1 Å². The lowest BCUT2D eigenvalue weighted by Gasteiger charge is -2.30. The van der Waals surface area contributed by atoms with Gasteiger partial charge in [-0.2, -0.15) is 0 Å². The van der Waals surface area contributed by atoms with Crippen molar-refractivity contribution in [1.29, 1.82) is 0 Å². The first-order valence-electron chi connectivity index (χ1n) is 8.69. The van der Waals surface area contributed by atoms with Crippen molar-refractivity contribution in [3.05, 3.63) is 47.0 Å². The van der Waals surface area contributed by atoms with E-state index in [2.05, 4.69) is 44.2 Å². The van der Waals surface area contributed by atoms with Gasteiger partial charge in [-0.25, -0.2) is 0 Å². The first-order valence-corrected chi connectivity index (χ1v) is 8.69. The molecule has 0 amide bonds. The smallest absolute Gasteiger partial charge is 0.172 e. The first-order chi connectivity index (χ1) is 10.7. The van der Waals surface area contributed by atoms with E-state index >= 15 is 0 Å². The van der Waals surface area contributed by atoms with Crippen LogP contribution in [0.5, 0.6) is 0 Å². The molecule has 1 spiro atoms. The molecule has 22 heavy (non-hydrogen) atoms. The van der Waals surface area contributed by atoms with Gasteiger partial charge in [0.2, 0.25) is 0 Å². The van der Waals surface area contributed by atoms with Gasteiger partial charge in [0, 0.05) is 12.8 Å². The van der Waals surface area contributed by atoms with Crippen LogP contribution in [-0.2, 0) is 9.47 Å². The Morgan fingerprint density at radius 3 is 2.50 bits per heavy atom. The number of aryl methyl sites for hydroxylation is 1. The fourth-order valence-electron chi connectivity index (χ4n) is 3.54. The first kappa shape index (κ1) is 15.8. The molecule has 1 saturated heterocycles. The van der Waals surface area contributed by atoms with Crippen LogP contribution in [0.1, 0.15) is 62.5 Å². The van der Waals surface area contributed by atoms with E-state index in [1.54, 1.807) is 5.57 Å². The van der Waals surface area contributed by atoms with Crippen LogP contribution in [0.3, 0.4) is 0 Å². The van der Waals surface area contributed by atoms with Gasteiger partial charge in [-0.3, -0.25) is 0 Å². The Kier molecular flexibility index (Phi) is 5.00. The van der Waals surface area contributed by atoms with E-state index in [1.807, 2.05) is 0 Å². The van der Waals surface area contributed by atoms with Gasteiger partial charge in [-0.1, -0.05) is 48.4 Å². The predicted molar refractivity (Wildman–Crippen MR) is 90.0 cm³/mol. The molecule has 1 aliphatic carbocycles. The number of ether oxygens (including phenoxy) is 2. The van der Waals surface area contributed by atoms with Crippen LogP contribution in [0.2, 0.25) is 0 Å². The van der Waals surface area contributed by atoms with Crippen LogP contribution in [0.4, 0.5) is 0 Å². The van der Waals surface area contributed by atoms with Crippen molar-refractivity contribution in [3.63, 3.8) is 0 Å². The molecule has 120 valence electrons. The zero-order valence-electron chi connectivity index (χ0n) is 13.9. The fourth-order valence-corrected chi connectivity index (χ4v) is 3.54. The quantitative estimate of drug-likeness (QED) is 0.702. The van der Waals surface area contributed by atoms with Crippen LogP contribution >= 0.6 is 0 Å². The second kappa shape index (κ2) is 6.97. The van der Waals surface area contributed by atoms with Gasteiger partial charge in [-0.15, -0.1) is 0 Å². The van der Waals surface area contributed by atoms with Crippen LogP contribution in [0.25, 0.3) is 0 Å². The molecular formula is C20H28O2. The Morgan fingerprint density at radius 2 is 1.86 bits per heavy atom. The van der Waals surface area contributed by atoms with E-state index in [9.17, 15) is 0 Å². The number of rotatable bonds is 5. The zero-order chi connectivity index (χ0) is 15.4. The molecule has 0 N–H and O–H groups in total. The van der Waals surface area contributed by atoms with Crippen LogP contribution in [0, 0.1) is 6.92 Å². The lowest BCUT2D eigenvalue weighted by atomic mass is 9.89. The van der Waals surface area contributed by atoms with E-state index in [0.717, 1.165) is 32.5 Å². The summed E-state index contributed by atoms with van der Waals surface area (Å²) in [6.07, 6.45) is 9.24. The Labute approximate surface area is 134 Å². The molecule has 1 aromatic carbocycles. The molecule has 1 aromatic rings. The summed E-state index contributed by atoms with van der Waals surface area (Å²) in [7, 11) is 0. The minimum absolute atomic E-state index is 0.265. The Bertz CT molecular complexity index is 509. The van der Waals surface area contributed by atoms with E-state index in [0.29, 0.717) is 5.92 Å². The highest BCUT2D eigenvalue weighted by Crippen LogP contribution is 2.36. The normalized spacial score (nSPS) is 21.8. The summed E-state index contributed by atoms with van der Waals surface area (Å²) in [5.41, 5.74) is 4.41. The Morgan fingerprint density at radius 1 is 1.14 bits per heavy atom. The van der Waals surface area contributed by atoms with Gasteiger partial charge in [0.25, 0.3) is 0 Å². The third-order valence-electron chi connectivity index (χ3n) is 5.12. The van der Waals surface area contributed by atoms with Crippen molar-refractivity contribution in [3.8, 4) is 0 Å². The van der Waals surface area contributed by atoms with Crippen LogP contribution in [0.15, 0.2) is 35.9 Å². The highest BCUT2D eigenvalue weighted by Gasteiger charge is 2.37. The van der Waals surface area contributed by atoms with E-state index < -0.39 is 0 Å². The fraction of sp³-hybridized carbons (Fsp3) is 0.600. The van der Waals surface area contributed by atoms with Crippen molar-refractivity contribution in [1.82, 2.24) is 0 Å². The molecular weight excluding hydrogens is 272 g/mol. The molecule has 0 aromatic heterocycles. The molecule has 0 bridgehead atoms. The number of hydrogen-bond acceptors (Lipinski definition) is 2. The molecule has 0 saturated carbocycles. The predicted octanol–water partition coefficient (Wildman–Crippen LogP) is 5.12. The van der Waals surface area contributed by atoms with Crippen molar-refractivity contribution in [2.45, 2.75) is 64.1 Å². The van der Waals surface area contributed by atoms with E-state index in [1.165, 1.54) is 30.4 Å². The molecule has 2 nitrogen and oxygen atoms in total. The van der Waals surface area contributed by atoms with Crippen LogP contribution < -0.4 is 0 Å². The van der Waals surface area contributed by atoms with Crippen molar-refractivity contribution in [2.75, 3.05) is 13.2 Å². The van der Waals surface area contributed by atoms with Gasteiger partial charge in [0.15, 0.2) is 5.79 Å². The molecule has 1 heterocycles. The molecule has 1 fully saturated rings. The Hall–Kier alpha value is -1.12. The van der Waals surface area contributed by atoms with Gasteiger partial charge in [0.05, 0.1) is 13.2 Å². The average molecular weight is 300 g/mol. The lowest BCUT2D eigenvalue weighted by molar-refractivity contribution is -0.161. The summed E-state index contributed by atoms with van der Waals surface area (Å²) in [6.45, 7) is 6.01. The highest BCUT2D eigenvalue weighted by molar-refractivity contribution is 5.24. The standard InChI is InChI=1S/C20H28O2/c1-16-6-8-19(9-7-16)17(2)4-3-5-18-10-12-20(13-11-18)21-14-15-22-20/h6-10,17H,3-5,11-15H2,1-2H3/t17-/m1/s1. The minimum atomic E-state index is -0.265. The van der Waals surface area contributed by atoms with Gasteiger partial charge >= 0.3 is 0 Å². The molecule has 2 heteroatoms. The average Bonchev–Trinajstić information content (AvgIpc) is 2.98. The maximum Gasteiger partial charge on any atom is 0.172 e. The summed E-state index contributed by atoms with van der Waals surface area (Å²) in [6, 6.07) is 8.99. The molecule has 2 aliphatic rings. The van der Waals surface area contributed by atoms with Crippen molar-refractivity contribution >= 4 is 0 Å².